The van der Waals surface area contributed by atoms with Crippen LogP contribution in [0.5, 0.6) is 0 Å². The van der Waals surface area contributed by atoms with Gasteiger partial charge in [-0.3, -0.25) is 19.2 Å². The molecule has 0 amide bonds. The summed E-state index contributed by atoms with van der Waals surface area (Å²) >= 11 is 0. The Kier molecular flexibility index (Phi) is 6.76. The first kappa shape index (κ1) is 16.7. The minimum absolute atomic E-state index is 0.0460. The van der Waals surface area contributed by atoms with Gasteiger partial charge in [0, 0.05) is 12.8 Å². The summed E-state index contributed by atoms with van der Waals surface area (Å²) in [7, 11) is 0. The molecule has 4 nitrogen and oxygen atoms in total. The van der Waals surface area contributed by atoms with E-state index < -0.39 is 0 Å². The smallest absolute Gasteiger partial charge is 0.143 e. The molecule has 2 rings (SSSR count). The second-order valence-corrected chi connectivity index (χ2v) is 5.75. The zero-order valence-electron chi connectivity index (χ0n) is 12.4. The molecule has 2 unspecified atom stereocenters. The number of carbonyl (C=O) groups is 4. The molecule has 0 heterocycles. The molecule has 2 aliphatic rings. The molecule has 2 saturated carbocycles. The standard InChI is InChI=1S/2C8H12O2/c2*1-6(9)7-4-2-3-5-8(7)10/h2*7H,2-5H2,1H3. The molecular weight excluding hydrogens is 256 g/mol. The molecule has 0 aromatic rings. The van der Waals surface area contributed by atoms with Gasteiger partial charge in [-0.15, -0.1) is 0 Å². The molecule has 4 heteroatoms. The number of rotatable bonds is 2. The van der Waals surface area contributed by atoms with Gasteiger partial charge in [0.1, 0.15) is 23.1 Å². The van der Waals surface area contributed by atoms with Gasteiger partial charge in [0.05, 0.1) is 11.8 Å². The van der Waals surface area contributed by atoms with Crippen molar-refractivity contribution in [3.63, 3.8) is 0 Å². The van der Waals surface area contributed by atoms with Crippen LogP contribution >= 0.6 is 0 Å². The molecule has 0 radical (unpaired) electrons. The van der Waals surface area contributed by atoms with E-state index in [0.29, 0.717) is 12.8 Å². The topological polar surface area (TPSA) is 68.3 Å². The van der Waals surface area contributed by atoms with E-state index in [4.69, 9.17) is 0 Å². The fourth-order valence-corrected chi connectivity index (χ4v) is 2.83. The fraction of sp³-hybridized carbons (Fsp3) is 0.750. The Bertz CT molecular complexity index is 359. The third-order valence-corrected chi connectivity index (χ3v) is 4.09. The molecule has 0 aromatic heterocycles. The summed E-state index contributed by atoms with van der Waals surface area (Å²) in [6, 6.07) is 0. The quantitative estimate of drug-likeness (QED) is 0.729. The van der Waals surface area contributed by atoms with E-state index in [1.54, 1.807) is 0 Å². The maximum Gasteiger partial charge on any atom is 0.143 e. The van der Waals surface area contributed by atoms with Crippen LogP contribution in [0.4, 0.5) is 0 Å². The molecule has 2 aliphatic carbocycles. The van der Waals surface area contributed by atoms with Crippen molar-refractivity contribution in [2.75, 3.05) is 0 Å². The van der Waals surface area contributed by atoms with E-state index >= 15 is 0 Å². The minimum Gasteiger partial charge on any atom is -0.299 e. The highest BCUT2D eigenvalue weighted by Gasteiger charge is 2.26. The minimum atomic E-state index is -0.256. The summed E-state index contributed by atoms with van der Waals surface area (Å²) in [5, 5.41) is 0. The lowest BCUT2D eigenvalue weighted by atomic mass is 9.86. The van der Waals surface area contributed by atoms with Crippen LogP contribution in [0.2, 0.25) is 0 Å². The van der Waals surface area contributed by atoms with Crippen molar-refractivity contribution in [3.05, 3.63) is 0 Å². The Balaban J connectivity index is 0.000000200. The Labute approximate surface area is 120 Å². The van der Waals surface area contributed by atoms with Crippen molar-refractivity contribution in [2.45, 2.75) is 65.2 Å². The molecule has 2 fully saturated rings. The van der Waals surface area contributed by atoms with Crippen LogP contribution in [0, 0.1) is 11.8 Å². The predicted octanol–water partition coefficient (Wildman–Crippen LogP) is 2.67. The van der Waals surface area contributed by atoms with E-state index in [1.165, 1.54) is 13.8 Å². The molecule has 0 spiro atoms. The molecule has 0 bridgehead atoms. The van der Waals surface area contributed by atoms with Crippen LogP contribution in [-0.4, -0.2) is 23.1 Å². The highest BCUT2D eigenvalue weighted by molar-refractivity contribution is 6.02. The van der Waals surface area contributed by atoms with Crippen LogP contribution in [0.1, 0.15) is 65.2 Å². The van der Waals surface area contributed by atoms with Crippen LogP contribution in [0.3, 0.4) is 0 Å². The van der Waals surface area contributed by atoms with Gasteiger partial charge in [0.25, 0.3) is 0 Å². The van der Waals surface area contributed by atoms with Crippen LogP contribution < -0.4 is 0 Å². The van der Waals surface area contributed by atoms with Gasteiger partial charge in [-0.1, -0.05) is 12.8 Å². The fourth-order valence-electron chi connectivity index (χ4n) is 2.83. The number of ketones is 4. The van der Waals surface area contributed by atoms with Crippen molar-refractivity contribution in [1.29, 1.82) is 0 Å². The molecule has 0 aromatic carbocycles. The summed E-state index contributed by atoms with van der Waals surface area (Å²) in [5.74, 6) is -0.116. The number of hydrogen-bond donors (Lipinski definition) is 0. The van der Waals surface area contributed by atoms with Gasteiger partial charge >= 0.3 is 0 Å². The lowest BCUT2D eigenvalue weighted by molar-refractivity contribution is -0.134. The lowest BCUT2D eigenvalue weighted by Crippen LogP contribution is -2.24. The molecule has 112 valence electrons. The van der Waals surface area contributed by atoms with Gasteiger partial charge in [0.15, 0.2) is 0 Å². The van der Waals surface area contributed by atoms with Gasteiger partial charge in [-0.05, 0) is 39.5 Å². The number of carbonyl (C=O) groups excluding carboxylic acids is 4. The summed E-state index contributed by atoms with van der Waals surface area (Å²) in [6.45, 7) is 3.02. The van der Waals surface area contributed by atoms with Crippen molar-refractivity contribution in [2.24, 2.45) is 11.8 Å². The normalized spacial score (nSPS) is 26.5. The maximum absolute atomic E-state index is 11.0. The Morgan fingerprint density at radius 3 is 1.30 bits per heavy atom. The largest absolute Gasteiger partial charge is 0.299 e. The first-order valence-corrected chi connectivity index (χ1v) is 7.49. The van der Waals surface area contributed by atoms with Crippen molar-refractivity contribution in [1.82, 2.24) is 0 Å². The number of hydrogen-bond acceptors (Lipinski definition) is 4. The first-order chi connectivity index (χ1) is 9.43. The van der Waals surface area contributed by atoms with Gasteiger partial charge in [-0.25, -0.2) is 0 Å². The second kappa shape index (κ2) is 8.08. The van der Waals surface area contributed by atoms with Crippen LogP contribution in [0.25, 0.3) is 0 Å². The van der Waals surface area contributed by atoms with E-state index in [1.807, 2.05) is 0 Å². The summed E-state index contributed by atoms with van der Waals surface area (Å²) in [5.41, 5.74) is 0. The van der Waals surface area contributed by atoms with E-state index in [-0.39, 0.29) is 35.0 Å². The first-order valence-electron chi connectivity index (χ1n) is 7.49. The monoisotopic (exact) mass is 280 g/mol. The SMILES string of the molecule is CC(=O)C1CCCCC1=O.CC(=O)C1CCCCC1=O. The molecule has 2 atom stereocenters. The van der Waals surface area contributed by atoms with E-state index in [0.717, 1.165) is 38.5 Å². The van der Waals surface area contributed by atoms with Crippen molar-refractivity contribution >= 4 is 23.1 Å². The Hall–Kier alpha value is -1.32. The maximum atomic E-state index is 11.0. The van der Waals surface area contributed by atoms with Crippen molar-refractivity contribution in [3.8, 4) is 0 Å². The summed E-state index contributed by atoms with van der Waals surface area (Å²) < 4.78 is 0. The third-order valence-electron chi connectivity index (χ3n) is 4.09. The molecule has 0 aliphatic heterocycles. The Morgan fingerprint density at radius 2 is 1.10 bits per heavy atom. The van der Waals surface area contributed by atoms with Gasteiger partial charge < -0.3 is 0 Å². The lowest BCUT2D eigenvalue weighted by Gasteiger charge is -2.16. The summed E-state index contributed by atoms with van der Waals surface area (Å²) in [4.78, 5) is 43.6. The third kappa shape index (κ3) is 4.99. The highest BCUT2D eigenvalue weighted by atomic mass is 16.2. The molecule has 0 saturated heterocycles. The average Bonchev–Trinajstić information content (AvgIpc) is 2.40. The summed E-state index contributed by atoms with van der Waals surface area (Å²) in [6.07, 6.45) is 6.83. The molecular formula is C16H24O4. The van der Waals surface area contributed by atoms with Crippen LogP contribution in [-0.2, 0) is 19.2 Å². The average molecular weight is 280 g/mol. The second-order valence-electron chi connectivity index (χ2n) is 5.75. The zero-order valence-corrected chi connectivity index (χ0v) is 12.4. The number of Topliss-reactive ketones (excluding diaryl/α,β-unsaturated/α-hetero) is 4. The predicted molar refractivity (Wildman–Crippen MR) is 75.3 cm³/mol. The highest BCUT2D eigenvalue weighted by Crippen LogP contribution is 2.21. The van der Waals surface area contributed by atoms with Crippen LogP contribution in [0.15, 0.2) is 0 Å². The van der Waals surface area contributed by atoms with Gasteiger partial charge in [0.2, 0.25) is 0 Å². The van der Waals surface area contributed by atoms with Crippen molar-refractivity contribution < 1.29 is 19.2 Å². The van der Waals surface area contributed by atoms with E-state index in [2.05, 4.69) is 0 Å². The molecule has 0 N–H and O–H groups in total. The molecule has 20 heavy (non-hydrogen) atoms. The zero-order chi connectivity index (χ0) is 15.1. The Morgan fingerprint density at radius 1 is 0.750 bits per heavy atom. The van der Waals surface area contributed by atoms with E-state index in [9.17, 15) is 19.2 Å². The van der Waals surface area contributed by atoms with Gasteiger partial charge in [-0.2, -0.15) is 0 Å².